The van der Waals surface area contributed by atoms with E-state index in [1.807, 2.05) is 97.9 Å². The van der Waals surface area contributed by atoms with Crippen molar-refractivity contribution in [2.24, 2.45) is 0 Å². The summed E-state index contributed by atoms with van der Waals surface area (Å²) in [5, 5.41) is 0. The zero-order valence-corrected chi connectivity index (χ0v) is 20.4. The molecule has 168 valence electrons. The standard InChI is InChI=1S/C32H28OS/c1-26-19-21-29(22-20-26)34(33)31-18-10-9-17-30(31)32(2,25-23-28-14-7-4-8-15-28)24-11-16-27-12-5-3-6-13-27/h3-22H,24H2,1-2H3/b16-11+/t32-,34?/m0/s1. The van der Waals surface area contributed by atoms with E-state index in [1.54, 1.807) is 0 Å². The summed E-state index contributed by atoms with van der Waals surface area (Å²) in [5.74, 6) is 6.90. The molecule has 0 amide bonds. The molecule has 0 heterocycles. The molecule has 4 aromatic rings. The molecule has 1 unspecified atom stereocenters. The van der Waals surface area contributed by atoms with Crippen LogP contribution in [0.3, 0.4) is 0 Å². The second-order valence-electron chi connectivity index (χ2n) is 8.54. The van der Waals surface area contributed by atoms with E-state index in [9.17, 15) is 4.21 Å². The number of hydrogen-bond acceptors (Lipinski definition) is 1. The van der Waals surface area contributed by atoms with Gasteiger partial charge in [0.05, 0.1) is 16.2 Å². The molecule has 0 aliphatic rings. The van der Waals surface area contributed by atoms with Crippen molar-refractivity contribution in [2.45, 2.75) is 35.5 Å². The molecule has 2 heteroatoms. The van der Waals surface area contributed by atoms with E-state index in [0.717, 1.165) is 32.0 Å². The van der Waals surface area contributed by atoms with Gasteiger partial charge in [-0.2, -0.15) is 0 Å². The Morgan fingerprint density at radius 3 is 2.12 bits per heavy atom. The highest BCUT2D eigenvalue weighted by Crippen LogP contribution is 2.34. The van der Waals surface area contributed by atoms with Gasteiger partial charge >= 0.3 is 0 Å². The smallest absolute Gasteiger partial charge is 0.0852 e. The van der Waals surface area contributed by atoms with Crippen LogP contribution in [0, 0.1) is 18.8 Å². The first kappa shape index (κ1) is 23.5. The maximum Gasteiger partial charge on any atom is 0.0852 e. The molecule has 0 N–H and O–H groups in total. The molecule has 4 aromatic carbocycles. The lowest BCUT2D eigenvalue weighted by Gasteiger charge is -2.25. The Hall–Kier alpha value is -3.67. The summed E-state index contributed by atoms with van der Waals surface area (Å²) in [6.45, 7) is 4.18. The molecule has 0 aliphatic carbocycles. The van der Waals surface area contributed by atoms with Gasteiger partial charge in [0.25, 0.3) is 0 Å². The average Bonchev–Trinajstić information content (AvgIpc) is 2.89. The molecule has 0 fully saturated rings. The van der Waals surface area contributed by atoms with E-state index in [0.29, 0.717) is 6.42 Å². The van der Waals surface area contributed by atoms with Crippen molar-refractivity contribution in [1.29, 1.82) is 0 Å². The molecule has 34 heavy (non-hydrogen) atoms. The van der Waals surface area contributed by atoms with Crippen LogP contribution in [0.25, 0.3) is 6.08 Å². The first-order valence-electron chi connectivity index (χ1n) is 11.4. The molecule has 0 bridgehead atoms. The molecule has 0 aliphatic heterocycles. The largest absolute Gasteiger partial charge is 0.249 e. The highest BCUT2D eigenvalue weighted by atomic mass is 32.2. The van der Waals surface area contributed by atoms with E-state index in [1.165, 1.54) is 0 Å². The molecular formula is C32H28OS. The van der Waals surface area contributed by atoms with Gasteiger partial charge in [0.15, 0.2) is 0 Å². The Bertz CT molecular complexity index is 1340. The fourth-order valence-electron chi connectivity index (χ4n) is 3.83. The SMILES string of the molecule is Cc1ccc(S(=O)c2ccccc2[C@](C)(C#Cc2ccccc2)C/C=C/c2ccccc2)cc1. The summed E-state index contributed by atoms with van der Waals surface area (Å²) < 4.78 is 13.6. The van der Waals surface area contributed by atoms with E-state index in [2.05, 4.69) is 49.1 Å². The number of benzene rings is 4. The van der Waals surface area contributed by atoms with Crippen LogP contribution in [0.5, 0.6) is 0 Å². The van der Waals surface area contributed by atoms with Gasteiger partial charge in [-0.1, -0.05) is 108 Å². The van der Waals surface area contributed by atoms with E-state index >= 15 is 0 Å². The summed E-state index contributed by atoms with van der Waals surface area (Å²) in [5.41, 5.74) is 3.75. The minimum absolute atomic E-state index is 0.516. The van der Waals surface area contributed by atoms with Crippen molar-refractivity contribution in [3.8, 4) is 11.8 Å². The van der Waals surface area contributed by atoms with Gasteiger partial charge in [0.2, 0.25) is 0 Å². The fourth-order valence-corrected chi connectivity index (χ4v) is 5.16. The highest BCUT2D eigenvalue weighted by molar-refractivity contribution is 7.85. The van der Waals surface area contributed by atoms with Gasteiger partial charge in [-0.05, 0) is 61.7 Å². The van der Waals surface area contributed by atoms with E-state index in [4.69, 9.17) is 0 Å². The lowest BCUT2D eigenvalue weighted by atomic mass is 9.79. The van der Waals surface area contributed by atoms with Gasteiger partial charge in [-0.15, -0.1) is 0 Å². The molecule has 0 spiro atoms. The zero-order chi connectivity index (χ0) is 23.8. The second kappa shape index (κ2) is 11.0. The normalized spacial score (nSPS) is 13.6. The maximum absolute atomic E-state index is 13.6. The van der Waals surface area contributed by atoms with Crippen LogP contribution < -0.4 is 0 Å². The van der Waals surface area contributed by atoms with Crippen LogP contribution in [0.2, 0.25) is 0 Å². The van der Waals surface area contributed by atoms with Crippen molar-refractivity contribution in [2.75, 3.05) is 0 Å². The summed E-state index contributed by atoms with van der Waals surface area (Å²) in [4.78, 5) is 1.61. The molecule has 0 saturated heterocycles. The Morgan fingerprint density at radius 2 is 1.41 bits per heavy atom. The van der Waals surface area contributed by atoms with Crippen LogP contribution >= 0.6 is 0 Å². The van der Waals surface area contributed by atoms with Crippen molar-refractivity contribution in [3.05, 3.63) is 138 Å². The Kier molecular flexibility index (Phi) is 7.58. The molecule has 0 aromatic heterocycles. The van der Waals surface area contributed by atoms with Crippen LogP contribution in [0.4, 0.5) is 0 Å². The zero-order valence-electron chi connectivity index (χ0n) is 19.6. The summed E-state index contributed by atoms with van der Waals surface area (Å²) >= 11 is 0. The van der Waals surface area contributed by atoms with Crippen molar-refractivity contribution >= 4 is 16.9 Å². The molecule has 4 rings (SSSR count). The van der Waals surface area contributed by atoms with Gasteiger partial charge < -0.3 is 0 Å². The molecule has 2 atom stereocenters. The number of rotatable bonds is 6. The Labute approximate surface area is 205 Å². The third-order valence-corrected chi connectivity index (χ3v) is 7.26. The highest BCUT2D eigenvalue weighted by Gasteiger charge is 2.28. The van der Waals surface area contributed by atoms with Crippen molar-refractivity contribution < 1.29 is 4.21 Å². The number of aryl methyl sites for hydroxylation is 1. The average molecular weight is 461 g/mol. The number of hydrogen-bond donors (Lipinski definition) is 0. The number of allylic oxidation sites excluding steroid dienone is 1. The van der Waals surface area contributed by atoms with Crippen molar-refractivity contribution in [1.82, 2.24) is 0 Å². The van der Waals surface area contributed by atoms with Crippen LogP contribution in [0.15, 0.2) is 125 Å². The lowest BCUT2D eigenvalue weighted by Crippen LogP contribution is -2.21. The fraction of sp³-hybridized carbons (Fsp3) is 0.125. The van der Waals surface area contributed by atoms with Gasteiger partial charge in [-0.3, -0.25) is 0 Å². The predicted octanol–water partition coefficient (Wildman–Crippen LogP) is 7.57. The van der Waals surface area contributed by atoms with Gasteiger partial charge in [-0.25, -0.2) is 4.21 Å². The first-order valence-corrected chi connectivity index (χ1v) is 12.6. The quantitative estimate of drug-likeness (QED) is 0.271. The third kappa shape index (κ3) is 5.81. The topological polar surface area (TPSA) is 17.1 Å². The summed E-state index contributed by atoms with van der Waals surface area (Å²) in [6.07, 6.45) is 4.99. The lowest BCUT2D eigenvalue weighted by molar-refractivity contribution is 0.614. The van der Waals surface area contributed by atoms with E-state index in [-0.39, 0.29) is 0 Å². The summed E-state index contributed by atoms with van der Waals surface area (Å²) in [6, 6.07) is 36.2. The van der Waals surface area contributed by atoms with Gasteiger partial charge in [0.1, 0.15) is 0 Å². The molecule has 1 nitrogen and oxygen atoms in total. The Balaban J connectivity index is 1.76. The molecule has 0 radical (unpaired) electrons. The van der Waals surface area contributed by atoms with Crippen molar-refractivity contribution in [3.63, 3.8) is 0 Å². The monoisotopic (exact) mass is 460 g/mol. The van der Waals surface area contributed by atoms with Crippen LogP contribution in [0.1, 0.15) is 35.6 Å². The molecule has 0 saturated carbocycles. The van der Waals surface area contributed by atoms with E-state index < -0.39 is 16.2 Å². The van der Waals surface area contributed by atoms with Crippen LogP contribution in [-0.4, -0.2) is 4.21 Å². The van der Waals surface area contributed by atoms with Gasteiger partial charge in [0, 0.05) is 15.4 Å². The third-order valence-electron chi connectivity index (χ3n) is 5.81. The van der Waals surface area contributed by atoms with Crippen LogP contribution in [-0.2, 0) is 16.2 Å². The maximum atomic E-state index is 13.6. The minimum atomic E-state index is -1.29. The summed E-state index contributed by atoms with van der Waals surface area (Å²) in [7, 11) is -1.29. The first-order chi connectivity index (χ1) is 16.5. The minimum Gasteiger partial charge on any atom is -0.249 e. The predicted molar refractivity (Wildman–Crippen MR) is 143 cm³/mol. The Morgan fingerprint density at radius 1 is 0.794 bits per heavy atom. The molecular weight excluding hydrogens is 432 g/mol. The second-order valence-corrected chi connectivity index (χ2v) is 9.99.